The van der Waals surface area contributed by atoms with E-state index in [4.69, 9.17) is 5.41 Å². The lowest BCUT2D eigenvalue weighted by Crippen LogP contribution is -2.57. The minimum Gasteiger partial charge on any atom is -0.393 e. The standard InChI is InChI=1S/C27H38N6O5/c1-27(2,3)33-26(38)22(34)20(14-18-11-8-12-30-23(18)35)31-25(37)21(13-17-9-6-5-7-10-17)32-24(36)19(15-28)16-29-4/h5-7,9-10,15-16,18,20-21,28-29H,8,11-14H2,1-4H3,(H,30,35)(H,31,37)(H,32,36)(H,33,38)/b19-16+,28-15?/t18-,20-,21-/m0/s1. The van der Waals surface area contributed by atoms with Crippen molar-refractivity contribution in [2.45, 2.75) is 64.1 Å². The maximum absolute atomic E-state index is 13.5. The maximum atomic E-state index is 13.5. The van der Waals surface area contributed by atoms with Gasteiger partial charge in [-0.2, -0.15) is 0 Å². The largest absolute Gasteiger partial charge is 0.393 e. The molecular formula is C27H38N6O5. The highest BCUT2D eigenvalue weighted by molar-refractivity contribution is 6.38. The van der Waals surface area contributed by atoms with Crippen LogP contribution in [0.5, 0.6) is 0 Å². The molecule has 1 aromatic carbocycles. The zero-order valence-corrected chi connectivity index (χ0v) is 22.4. The number of hydrogen-bond donors (Lipinski definition) is 6. The van der Waals surface area contributed by atoms with Crippen LogP contribution >= 0.6 is 0 Å². The molecule has 2 rings (SSSR count). The first-order valence-electron chi connectivity index (χ1n) is 12.6. The Kier molecular flexibility index (Phi) is 11.2. The predicted molar refractivity (Wildman–Crippen MR) is 143 cm³/mol. The van der Waals surface area contributed by atoms with Gasteiger partial charge in [-0.05, 0) is 45.6 Å². The number of benzene rings is 1. The molecule has 0 aliphatic carbocycles. The second-order valence-corrected chi connectivity index (χ2v) is 10.2. The number of ketones is 1. The Hall–Kier alpha value is -4.02. The van der Waals surface area contributed by atoms with E-state index in [0.717, 1.165) is 18.2 Å². The Morgan fingerprint density at radius 2 is 1.76 bits per heavy atom. The monoisotopic (exact) mass is 526 g/mol. The van der Waals surface area contributed by atoms with Crippen molar-refractivity contribution >= 4 is 35.6 Å². The van der Waals surface area contributed by atoms with E-state index in [0.29, 0.717) is 13.0 Å². The van der Waals surface area contributed by atoms with Crippen molar-refractivity contribution in [2.24, 2.45) is 5.92 Å². The topological polar surface area (TPSA) is 169 Å². The van der Waals surface area contributed by atoms with Gasteiger partial charge < -0.3 is 32.0 Å². The molecule has 38 heavy (non-hydrogen) atoms. The van der Waals surface area contributed by atoms with E-state index in [-0.39, 0.29) is 24.3 Å². The number of Topliss-reactive ketones (excluding diaryl/α,β-unsaturated/α-hetero) is 1. The van der Waals surface area contributed by atoms with E-state index < -0.39 is 47.0 Å². The van der Waals surface area contributed by atoms with E-state index >= 15 is 0 Å². The molecule has 3 atom stereocenters. The zero-order chi connectivity index (χ0) is 28.3. The van der Waals surface area contributed by atoms with Gasteiger partial charge in [0.05, 0.1) is 11.6 Å². The SMILES string of the molecule is CN/C=C(\C=N)C(=O)N[C@@H](Cc1ccccc1)C(=O)N[C@@H](C[C@@H]1CCCNC1=O)C(=O)C(=O)NC(C)(C)C. The number of piperidine rings is 1. The van der Waals surface area contributed by atoms with Crippen LogP contribution in [0.1, 0.15) is 45.6 Å². The van der Waals surface area contributed by atoms with E-state index in [9.17, 15) is 24.0 Å². The van der Waals surface area contributed by atoms with Crippen molar-refractivity contribution < 1.29 is 24.0 Å². The number of hydrogen-bond acceptors (Lipinski definition) is 7. The molecule has 206 valence electrons. The molecular weight excluding hydrogens is 488 g/mol. The molecule has 1 aliphatic rings. The number of carbonyl (C=O) groups excluding carboxylic acids is 5. The van der Waals surface area contributed by atoms with Gasteiger partial charge in [-0.25, -0.2) is 0 Å². The summed E-state index contributed by atoms with van der Waals surface area (Å²) in [7, 11) is 1.57. The summed E-state index contributed by atoms with van der Waals surface area (Å²) in [4.78, 5) is 64.6. The molecule has 6 N–H and O–H groups in total. The van der Waals surface area contributed by atoms with Crippen LogP contribution in [0.4, 0.5) is 0 Å². The second-order valence-electron chi connectivity index (χ2n) is 10.2. The fourth-order valence-electron chi connectivity index (χ4n) is 4.04. The van der Waals surface area contributed by atoms with Crippen LogP contribution in [0.25, 0.3) is 0 Å². The highest BCUT2D eigenvalue weighted by atomic mass is 16.2. The molecule has 0 saturated carbocycles. The van der Waals surface area contributed by atoms with Crippen molar-refractivity contribution in [1.29, 1.82) is 5.41 Å². The van der Waals surface area contributed by atoms with E-state index in [2.05, 4.69) is 26.6 Å². The average Bonchev–Trinajstić information content (AvgIpc) is 2.86. The summed E-state index contributed by atoms with van der Waals surface area (Å²) >= 11 is 0. The van der Waals surface area contributed by atoms with Crippen LogP contribution in [0.3, 0.4) is 0 Å². The van der Waals surface area contributed by atoms with Crippen LogP contribution in [-0.2, 0) is 30.4 Å². The van der Waals surface area contributed by atoms with E-state index in [1.807, 2.05) is 6.07 Å². The maximum Gasteiger partial charge on any atom is 0.290 e. The lowest BCUT2D eigenvalue weighted by molar-refractivity contribution is -0.142. The quantitative estimate of drug-likeness (QED) is 0.130. The highest BCUT2D eigenvalue weighted by Gasteiger charge is 2.35. The Morgan fingerprint density at radius 3 is 2.34 bits per heavy atom. The van der Waals surface area contributed by atoms with Gasteiger partial charge in [0.2, 0.25) is 17.6 Å². The molecule has 0 unspecified atom stereocenters. The lowest BCUT2D eigenvalue weighted by Gasteiger charge is -2.28. The summed E-state index contributed by atoms with van der Waals surface area (Å²) in [6.45, 7) is 5.72. The van der Waals surface area contributed by atoms with Crippen LogP contribution < -0.4 is 26.6 Å². The predicted octanol–water partition coefficient (Wildman–Crippen LogP) is 0.352. The molecule has 0 spiro atoms. The normalized spacial score (nSPS) is 17.3. The van der Waals surface area contributed by atoms with Gasteiger partial charge >= 0.3 is 0 Å². The molecule has 0 bridgehead atoms. The molecule has 1 saturated heterocycles. The molecule has 1 aromatic rings. The van der Waals surface area contributed by atoms with Crippen molar-refractivity contribution in [3.05, 3.63) is 47.7 Å². The average molecular weight is 527 g/mol. The summed E-state index contributed by atoms with van der Waals surface area (Å²) in [6, 6.07) is 6.59. The number of carbonyl (C=O) groups is 5. The van der Waals surface area contributed by atoms with E-state index in [1.165, 1.54) is 6.20 Å². The van der Waals surface area contributed by atoms with Crippen molar-refractivity contribution in [2.75, 3.05) is 13.6 Å². The summed E-state index contributed by atoms with van der Waals surface area (Å²) in [5.74, 6) is -3.87. The molecule has 11 nitrogen and oxygen atoms in total. The van der Waals surface area contributed by atoms with Gasteiger partial charge in [-0.1, -0.05) is 30.3 Å². The first-order chi connectivity index (χ1) is 17.9. The van der Waals surface area contributed by atoms with Gasteiger partial charge in [0, 0.05) is 43.9 Å². The zero-order valence-electron chi connectivity index (χ0n) is 22.4. The Bertz CT molecular complexity index is 1060. The van der Waals surface area contributed by atoms with Gasteiger partial charge in [0.25, 0.3) is 11.8 Å². The molecule has 0 aromatic heterocycles. The van der Waals surface area contributed by atoms with Crippen molar-refractivity contribution in [3.8, 4) is 0 Å². The summed E-state index contributed by atoms with van der Waals surface area (Å²) < 4.78 is 0. The molecule has 1 aliphatic heterocycles. The Labute approximate surface area is 223 Å². The third-order valence-electron chi connectivity index (χ3n) is 5.89. The number of amides is 4. The van der Waals surface area contributed by atoms with Crippen molar-refractivity contribution in [3.63, 3.8) is 0 Å². The summed E-state index contributed by atoms with van der Waals surface area (Å²) in [5, 5.41) is 20.8. The van der Waals surface area contributed by atoms with Gasteiger partial charge in [0.15, 0.2) is 0 Å². The smallest absolute Gasteiger partial charge is 0.290 e. The fourth-order valence-corrected chi connectivity index (χ4v) is 4.04. The van der Waals surface area contributed by atoms with Crippen molar-refractivity contribution in [1.82, 2.24) is 26.6 Å². The molecule has 4 amide bonds. The number of rotatable bonds is 12. The number of nitrogens with one attached hydrogen (secondary N) is 6. The lowest BCUT2D eigenvalue weighted by atomic mass is 9.89. The first kappa shape index (κ1) is 30.2. The highest BCUT2D eigenvalue weighted by Crippen LogP contribution is 2.18. The van der Waals surface area contributed by atoms with E-state index in [1.54, 1.807) is 52.1 Å². The van der Waals surface area contributed by atoms with Gasteiger partial charge in [-0.3, -0.25) is 24.0 Å². The first-order valence-corrected chi connectivity index (χ1v) is 12.6. The molecule has 1 fully saturated rings. The van der Waals surface area contributed by atoms with Gasteiger partial charge in [0.1, 0.15) is 6.04 Å². The van der Waals surface area contributed by atoms with Gasteiger partial charge in [-0.15, -0.1) is 0 Å². The third-order valence-corrected chi connectivity index (χ3v) is 5.89. The summed E-state index contributed by atoms with van der Waals surface area (Å²) in [6.07, 6.45) is 3.47. The second kappa shape index (κ2) is 14.1. The third kappa shape index (κ3) is 9.45. The molecule has 0 radical (unpaired) electrons. The molecule has 11 heteroatoms. The molecule has 1 heterocycles. The summed E-state index contributed by atoms with van der Waals surface area (Å²) in [5.41, 5.74) is 0.0623. The minimum absolute atomic E-state index is 0.00517. The van der Waals surface area contributed by atoms with Crippen LogP contribution in [0, 0.1) is 11.3 Å². The Morgan fingerprint density at radius 1 is 1.08 bits per heavy atom. The minimum atomic E-state index is -1.27. The Balaban J connectivity index is 2.33. The fraction of sp³-hybridized carbons (Fsp3) is 0.481. The van der Waals surface area contributed by atoms with Crippen LogP contribution in [-0.4, -0.2) is 66.8 Å². The van der Waals surface area contributed by atoms with Crippen LogP contribution in [0.15, 0.2) is 42.1 Å². The van der Waals surface area contributed by atoms with Crippen LogP contribution in [0.2, 0.25) is 0 Å².